The largest absolute Gasteiger partial charge is 0.493 e. The lowest BCUT2D eigenvalue weighted by Crippen LogP contribution is -2.16. The number of primary amides is 1. The first-order chi connectivity index (χ1) is 8.56. The summed E-state index contributed by atoms with van der Waals surface area (Å²) in [6, 6.07) is 3.23. The van der Waals surface area contributed by atoms with E-state index in [1.807, 2.05) is 0 Å². The number of benzene rings is 1. The summed E-state index contributed by atoms with van der Waals surface area (Å²) in [5, 5.41) is 0. The third-order valence-corrected chi connectivity index (χ3v) is 2.43. The Morgan fingerprint density at radius 3 is 2.06 bits per heavy atom. The topological polar surface area (TPSA) is 113 Å². The first-order valence-electron chi connectivity index (χ1n) is 5.06. The molecule has 4 N–H and O–H groups in total. The second kappa shape index (κ2) is 4.36. The van der Waals surface area contributed by atoms with Gasteiger partial charge in [0.2, 0.25) is 0 Å². The fraction of sp³-hybridized carbons (Fsp3) is 0.182. The molecule has 1 aromatic carbocycles. The number of rotatable bonds is 3. The number of carbonyl (C=O) groups is 1. The lowest BCUT2D eigenvalue weighted by atomic mass is 10.2. The molecule has 1 amide bonds. The molecule has 0 radical (unpaired) electrons. The zero-order valence-electron chi connectivity index (χ0n) is 9.93. The summed E-state index contributed by atoms with van der Waals surface area (Å²) in [5.74, 6) is 0.254. The van der Waals surface area contributed by atoms with Crippen molar-refractivity contribution < 1.29 is 14.3 Å². The van der Waals surface area contributed by atoms with Gasteiger partial charge < -0.3 is 20.9 Å². The van der Waals surface area contributed by atoms with Crippen molar-refractivity contribution in [2.75, 3.05) is 20.0 Å². The van der Waals surface area contributed by atoms with E-state index in [9.17, 15) is 4.79 Å². The molecule has 0 aliphatic heterocycles. The summed E-state index contributed by atoms with van der Waals surface area (Å²) in [6.45, 7) is 0. The highest BCUT2D eigenvalue weighted by Crippen LogP contribution is 2.31. The molecule has 0 aliphatic carbocycles. The molecule has 0 aliphatic rings. The van der Waals surface area contributed by atoms with Crippen molar-refractivity contribution in [3.8, 4) is 11.5 Å². The molecule has 18 heavy (non-hydrogen) atoms. The van der Waals surface area contributed by atoms with Crippen molar-refractivity contribution in [1.82, 2.24) is 9.97 Å². The quantitative estimate of drug-likeness (QED) is 0.809. The number of nitrogen functional groups attached to an aromatic ring is 1. The molecule has 1 heterocycles. The van der Waals surface area contributed by atoms with Crippen LogP contribution in [0.2, 0.25) is 0 Å². The number of aromatic nitrogens is 2. The lowest BCUT2D eigenvalue weighted by Gasteiger charge is -2.09. The molecule has 1 aromatic heterocycles. The predicted molar refractivity (Wildman–Crippen MR) is 65.6 cm³/mol. The van der Waals surface area contributed by atoms with Crippen molar-refractivity contribution in [3.63, 3.8) is 0 Å². The molecule has 0 unspecified atom stereocenters. The number of nitrogens with zero attached hydrogens (tertiary/aromatic N) is 2. The van der Waals surface area contributed by atoms with E-state index in [0.29, 0.717) is 22.5 Å². The summed E-state index contributed by atoms with van der Waals surface area (Å²) in [6.07, 6.45) is 0. The summed E-state index contributed by atoms with van der Waals surface area (Å²) >= 11 is 0. The Bertz CT molecular complexity index is 627. The Hall–Kier alpha value is -2.57. The zero-order valence-corrected chi connectivity index (χ0v) is 9.93. The minimum absolute atomic E-state index is 0.0118. The molecular weight excluding hydrogens is 236 g/mol. The molecule has 94 valence electrons. The number of hydrogen-bond acceptors (Lipinski definition) is 6. The lowest BCUT2D eigenvalue weighted by molar-refractivity contribution is 0.0996. The van der Waals surface area contributed by atoms with Crippen LogP contribution < -0.4 is 20.9 Å². The number of carbonyl (C=O) groups excluding carboxylic acids is 1. The maximum Gasteiger partial charge on any atom is 0.271 e. The Labute approximate surface area is 103 Å². The van der Waals surface area contributed by atoms with Crippen molar-refractivity contribution in [1.29, 1.82) is 0 Å². The van der Waals surface area contributed by atoms with Gasteiger partial charge in [-0.1, -0.05) is 0 Å². The standard InChI is InChI=1S/C11H12N4O3/c1-17-7-3-5-6(4-8(7)18-2)15-10(12)9(14-5)11(13)16/h3-4H,1-2H3,(H2,12,15)(H2,13,16). The minimum atomic E-state index is -0.725. The van der Waals surface area contributed by atoms with Gasteiger partial charge in [-0.05, 0) is 0 Å². The van der Waals surface area contributed by atoms with Crippen molar-refractivity contribution in [2.45, 2.75) is 0 Å². The van der Waals surface area contributed by atoms with E-state index in [0.717, 1.165) is 0 Å². The summed E-state index contributed by atoms with van der Waals surface area (Å²) < 4.78 is 10.3. The molecule has 0 spiro atoms. The van der Waals surface area contributed by atoms with Crippen LogP contribution in [-0.2, 0) is 0 Å². The van der Waals surface area contributed by atoms with E-state index < -0.39 is 5.91 Å². The predicted octanol–water partition coefficient (Wildman–Crippen LogP) is 0.328. The van der Waals surface area contributed by atoms with Crippen molar-refractivity contribution >= 4 is 22.8 Å². The molecule has 2 rings (SSSR count). The first kappa shape index (κ1) is 11.9. The Morgan fingerprint density at radius 2 is 1.61 bits per heavy atom. The van der Waals surface area contributed by atoms with Gasteiger partial charge in [0.15, 0.2) is 23.0 Å². The number of methoxy groups -OCH3 is 2. The molecular formula is C11H12N4O3. The number of hydrogen-bond donors (Lipinski definition) is 2. The van der Waals surface area contributed by atoms with Gasteiger partial charge in [0.05, 0.1) is 25.3 Å². The molecule has 0 atom stereocenters. The highest BCUT2D eigenvalue weighted by atomic mass is 16.5. The van der Waals surface area contributed by atoms with Crippen LogP contribution in [-0.4, -0.2) is 30.1 Å². The third kappa shape index (κ3) is 1.86. The molecule has 0 fully saturated rings. The average molecular weight is 248 g/mol. The smallest absolute Gasteiger partial charge is 0.271 e. The Kier molecular flexibility index (Phi) is 2.88. The van der Waals surface area contributed by atoms with Gasteiger partial charge in [-0.15, -0.1) is 0 Å². The van der Waals surface area contributed by atoms with Crippen LogP contribution >= 0.6 is 0 Å². The maximum atomic E-state index is 11.1. The van der Waals surface area contributed by atoms with E-state index in [4.69, 9.17) is 20.9 Å². The summed E-state index contributed by atoms with van der Waals surface area (Å²) in [4.78, 5) is 19.2. The van der Waals surface area contributed by atoms with E-state index in [1.165, 1.54) is 14.2 Å². The van der Waals surface area contributed by atoms with Gasteiger partial charge in [0.1, 0.15) is 0 Å². The van der Waals surface area contributed by atoms with Gasteiger partial charge in [-0.25, -0.2) is 9.97 Å². The second-order valence-corrected chi connectivity index (χ2v) is 3.52. The number of anilines is 1. The number of nitrogens with two attached hydrogens (primary N) is 2. The van der Waals surface area contributed by atoms with E-state index >= 15 is 0 Å². The van der Waals surface area contributed by atoms with Crippen molar-refractivity contribution in [2.24, 2.45) is 5.73 Å². The van der Waals surface area contributed by atoms with Crippen LogP contribution in [0.1, 0.15) is 10.5 Å². The Balaban J connectivity index is 2.73. The number of amides is 1. The van der Waals surface area contributed by atoms with E-state index in [-0.39, 0.29) is 11.5 Å². The third-order valence-electron chi connectivity index (χ3n) is 2.43. The molecule has 0 saturated carbocycles. The average Bonchev–Trinajstić information content (AvgIpc) is 2.36. The molecule has 7 heteroatoms. The highest BCUT2D eigenvalue weighted by Gasteiger charge is 2.14. The van der Waals surface area contributed by atoms with Gasteiger partial charge in [-0.3, -0.25) is 4.79 Å². The van der Waals surface area contributed by atoms with Crippen LogP contribution in [0.3, 0.4) is 0 Å². The van der Waals surface area contributed by atoms with Crippen LogP contribution in [0, 0.1) is 0 Å². The van der Waals surface area contributed by atoms with Gasteiger partial charge >= 0.3 is 0 Å². The highest BCUT2D eigenvalue weighted by molar-refractivity contribution is 5.97. The van der Waals surface area contributed by atoms with Gasteiger partial charge in [-0.2, -0.15) is 0 Å². The van der Waals surface area contributed by atoms with E-state index in [2.05, 4.69) is 9.97 Å². The zero-order chi connectivity index (χ0) is 13.3. The Morgan fingerprint density at radius 1 is 1.11 bits per heavy atom. The fourth-order valence-corrected chi connectivity index (χ4v) is 1.58. The monoisotopic (exact) mass is 248 g/mol. The summed E-state index contributed by atoms with van der Waals surface area (Å²) in [7, 11) is 3.02. The molecule has 0 bridgehead atoms. The van der Waals surface area contributed by atoms with Crippen LogP contribution in [0.4, 0.5) is 5.82 Å². The van der Waals surface area contributed by atoms with Crippen LogP contribution in [0.15, 0.2) is 12.1 Å². The van der Waals surface area contributed by atoms with Crippen LogP contribution in [0.5, 0.6) is 11.5 Å². The first-order valence-corrected chi connectivity index (χ1v) is 5.06. The number of fused-ring (bicyclic) bond motifs is 1. The van der Waals surface area contributed by atoms with E-state index in [1.54, 1.807) is 12.1 Å². The molecule has 7 nitrogen and oxygen atoms in total. The minimum Gasteiger partial charge on any atom is -0.493 e. The second-order valence-electron chi connectivity index (χ2n) is 3.52. The van der Waals surface area contributed by atoms with Gasteiger partial charge in [0, 0.05) is 12.1 Å². The summed E-state index contributed by atoms with van der Waals surface area (Å²) in [5.41, 5.74) is 11.6. The number of ether oxygens (including phenoxy) is 2. The normalized spacial score (nSPS) is 10.3. The van der Waals surface area contributed by atoms with Crippen LogP contribution in [0.25, 0.3) is 11.0 Å². The molecule has 0 saturated heterocycles. The van der Waals surface area contributed by atoms with Gasteiger partial charge in [0.25, 0.3) is 5.91 Å². The SMILES string of the molecule is COc1cc2nc(N)c(C(N)=O)nc2cc1OC. The van der Waals surface area contributed by atoms with Crippen molar-refractivity contribution in [3.05, 3.63) is 17.8 Å². The maximum absolute atomic E-state index is 11.1. The fourth-order valence-electron chi connectivity index (χ4n) is 1.58. The molecule has 2 aromatic rings.